The van der Waals surface area contributed by atoms with Crippen molar-refractivity contribution in [1.82, 2.24) is 9.97 Å². The van der Waals surface area contributed by atoms with E-state index in [1.807, 2.05) is 51.1 Å². The van der Waals surface area contributed by atoms with Crippen LogP contribution in [-0.4, -0.2) is 21.0 Å². The monoisotopic (exact) mass is 426 g/mol. The molecule has 1 heterocycles. The first kappa shape index (κ1) is 18.8. The Bertz CT molecular complexity index is 1010. The molecule has 0 aliphatic rings. The Labute approximate surface area is 165 Å². The molecule has 0 aliphatic carbocycles. The normalized spacial score (nSPS) is 10.5. The predicted octanol–water partition coefficient (Wildman–Crippen LogP) is 5.35. The van der Waals surface area contributed by atoms with E-state index in [-0.39, 0.29) is 5.56 Å². The van der Waals surface area contributed by atoms with Crippen LogP contribution in [-0.2, 0) is 0 Å². The summed E-state index contributed by atoms with van der Waals surface area (Å²) in [5.74, 6) is 0.163. The van der Waals surface area contributed by atoms with Crippen molar-refractivity contribution < 1.29 is 9.90 Å². The molecule has 0 spiro atoms. The van der Waals surface area contributed by atoms with Gasteiger partial charge in [-0.3, -0.25) is 0 Å². The Hall–Kier alpha value is -2.93. The quantitative estimate of drug-likeness (QED) is 0.509. The third kappa shape index (κ3) is 4.09. The third-order valence-corrected chi connectivity index (χ3v) is 5.19. The standard InChI is InChI=1S/C20H19BrN4O2/c1-11-9-15(19(26)27)16(21)13(3)17(11)24-20-22-10-12(2)18(25-20)23-14-7-5-4-6-8-14/h4-10H,1-3H3,(H,26,27)(H2,22,23,24,25). The molecule has 3 N–H and O–H groups in total. The molecule has 0 fully saturated rings. The first-order valence-corrected chi connectivity index (χ1v) is 9.12. The summed E-state index contributed by atoms with van der Waals surface area (Å²) in [5.41, 5.74) is 4.45. The van der Waals surface area contributed by atoms with Crippen LogP contribution >= 0.6 is 15.9 Å². The van der Waals surface area contributed by atoms with Gasteiger partial charge in [-0.25, -0.2) is 9.78 Å². The minimum Gasteiger partial charge on any atom is -0.478 e. The number of aromatic carboxylic acids is 1. The van der Waals surface area contributed by atoms with Gasteiger partial charge in [-0.1, -0.05) is 18.2 Å². The fourth-order valence-corrected chi connectivity index (χ4v) is 3.19. The smallest absolute Gasteiger partial charge is 0.336 e. The lowest BCUT2D eigenvalue weighted by atomic mass is 10.0. The van der Waals surface area contributed by atoms with E-state index in [0.717, 1.165) is 28.1 Å². The maximum Gasteiger partial charge on any atom is 0.336 e. The largest absolute Gasteiger partial charge is 0.478 e. The lowest BCUT2D eigenvalue weighted by Crippen LogP contribution is -2.07. The summed E-state index contributed by atoms with van der Waals surface area (Å²) in [6.45, 7) is 5.64. The maximum absolute atomic E-state index is 11.4. The van der Waals surface area contributed by atoms with Gasteiger partial charge >= 0.3 is 5.97 Å². The van der Waals surface area contributed by atoms with Crippen molar-refractivity contribution in [1.29, 1.82) is 0 Å². The molecular formula is C20H19BrN4O2. The summed E-state index contributed by atoms with van der Waals surface area (Å²) in [5, 5.41) is 15.8. The molecule has 0 radical (unpaired) electrons. The number of aryl methyl sites for hydroxylation is 2. The van der Waals surface area contributed by atoms with Crippen LogP contribution in [0.2, 0.25) is 0 Å². The van der Waals surface area contributed by atoms with Gasteiger partial charge in [0.25, 0.3) is 0 Å². The van der Waals surface area contributed by atoms with Crippen molar-refractivity contribution in [2.75, 3.05) is 10.6 Å². The van der Waals surface area contributed by atoms with Crippen LogP contribution in [0.1, 0.15) is 27.0 Å². The van der Waals surface area contributed by atoms with Crippen LogP contribution in [0.15, 0.2) is 47.1 Å². The molecule has 6 nitrogen and oxygen atoms in total. The summed E-state index contributed by atoms with van der Waals surface area (Å²) in [6.07, 6.45) is 1.74. The number of carboxylic acid groups (broad SMARTS) is 1. The zero-order valence-electron chi connectivity index (χ0n) is 15.2. The van der Waals surface area contributed by atoms with Crippen molar-refractivity contribution in [2.45, 2.75) is 20.8 Å². The second kappa shape index (κ2) is 7.75. The van der Waals surface area contributed by atoms with Crippen LogP contribution in [0.4, 0.5) is 23.1 Å². The number of aromatic nitrogens is 2. The molecule has 27 heavy (non-hydrogen) atoms. The Morgan fingerprint density at radius 1 is 1.07 bits per heavy atom. The lowest BCUT2D eigenvalue weighted by Gasteiger charge is -2.16. The van der Waals surface area contributed by atoms with Gasteiger partial charge < -0.3 is 15.7 Å². The Morgan fingerprint density at radius 3 is 2.44 bits per heavy atom. The summed E-state index contributed by atoms with van der Waals surface area (Å²) < 4.78 is 0.540. The van der Waals surface area contributed by atoms with Crippen LogP contribution in [0.5, 0.6) is 0 Å². The van der Waals surface area contributed by atoms with Crippen molar-refractivity contribution in [3.8, 4) is 0 Å². The van der Waals surface area contributed by atoms with Crippen LogP contribution < -0.4 is 10.6 Å². The van der Waals surface area contributed by atoms with E-state index in [1.54, 1.807) is 12.3 Å². The number of nitrogens with one attached hydrogen (secondary N) is 2. The molecule has 0 saturated carbocycles. The predicted molar refractivity (Wildman–Crippen MR) is 110 cm³/mol. The molecule has 0 aliphatic heterocycles. The molecule has 3 aromatic rings. The number of nitrogens with zero attached hydrogens (tertiary/aromatic N) is 2. The minimum absolute atomic E-state index is 0.229. The third-order valence-electron chi connectivity index (χ3n) is 4.17. The molecule has 0 amide bonds. The SMILES string of the molecule is Cc1cnc(Nc2c(C)cc(C(=O)O)c(Br)c2C)nc1Nc1ccccc1. The van der Waals surface area contributed by atoms with Gasteiger partial charge in [0.1, 0.15) is 5.82 Å². The topological polar surface area (TPSA) is 87.1 Å². The molecule has 0 bridgehead atoms. The van der Waals surface area contributed by atoms with Gasteiger partial charge in [0.15, 0.2) is 0 Å². The van der Waals surface area contributed by atoms with Crippen molar-refractivity contribution in [2.24, 2.45) is 0 Å². The Kier molecular flexibility index (Phi) is 5.41. The number of para-hydroxylation sites is 1. The van der Waals surface area contributed by atoms with E-state index in [2.05, 4.69) is 36.5 Å². The van der Waals surface area contributed by atoms with E-state index >= 15 is 0 Å². The fraction of sp³-hybridized carbons (Fsp3) is 0.150. The maximum atomic E-state index is 11.4. The second-order valence-electron chi connectivity index (χ2n) is 6.20. The molecule has 138 valence electrons. The van der Waals surface area contributed by atoms with Crippen LogP contribution in [0.25, 0.3) is 0 Å². The van der Waals surface area contributed by atoms with E-state index in [4.69, 9.17) is 0 Å². The summed E-state index contributed by atoms with van der Waals surface area (Å²) in [6, 6.07) is 11.4. The highest BCUT2D eigenvalue weighted by Crippen LogP contribution is 2.33. The van der Waals surface area contributed by atoms with E-state index in [1.165, 1.54) is 0 Å². The average molecular weight is 427 g/mol. The minimum atomic E-state index is -0.972. The number of hydrogen-bond acceptors (Lipinski definition) is 5. The average Bonchev–Trinajstić information content (AvgIpc) is 2.65. The van der Waals surface area contributed by atoms with Crippen molar-refractivity contribution in [3.05, 3.63) is 69.3 Å². The molecule has 0 saturated heterocycles. The van der Waals surface area contributed by atoms with Gasteiger partial charge in [0, 0.05) is 27.6 Å². The van der Waals surface area contributed by atoms with E-state index in [9.17, 15) is 9.90 Å². The zero-order valence-corrected chi connectivity index (χ0v) is 16.8. The van der Waals surface area contributed by atoms with Crippen LogP contribution in [0.3, 0.4) is 0 Å². The Balaban J connectivity index is 1.94. The fourth-order valence-electron chi connectivity index (χ4n) is 2.71. The molecule has 0 unspecified atom stereocenters. The molecule has 0 atom stereocenters. The van der Waals surface area contributed by atoms with Crippen molar-refractivity contribution >= 4 is 45.0 Å². The summed E-state index contributed by atoms with van der Waals surface area (Å²) in [7, 11) is 0. The number of halogens is 1. The molecule has 3 rings (SSSR count). The van der Waals surface area contributed by atoms with E-state index in [0.29, 0.717) is 16.2 Å². The first-order valence-electron chi connectivity index (χ1n) is 8.32. The highest BCUT2D eigenvalue weighted by Gasteiger charge is 2.17. The number of carbonyl (C=O) groups is 1. The van der Waals surface area contributed by atoms with E-state index < -0.39 is 5.97 Å². The number of carboxylic acids is 1. The van der Waals surface area contributed by atoms with Gasteiger partial charge in [-0.2, -0.15) is 4.98 Å². The second-order valence-corrected chi connectivity index (χ2v) is 6.99. The number of hydrogen-bond donors (Lipinski definition) is 3. The summed E-state index contributed by atoms with van der Waals surface area (Å²) >= 11 is 3.38. The number of benzene rings is 2. The molecule has 2 aromatic carbocycles. The summed E-state index contributed by atoms with van der Waals surface area (Å²) in [4.78, 5) is 20.3. The molecular weight excluding hydrogens is 408 g/mol. The highest BCUT2D eigenvalue weighted by molar-refractivity contribution is 9.10. The highest BCUT2D eigenvalue weighted by atomic mass is 79.9. The zero-order chi connectivity index (χ0) is 19.6. The van der Waals surface area contributed by atoms with Crippen LogP contribution in [0, 0.1) is 20.8 Å². The Morgan fingerprint density at radius 2 is 1.78 bits per heavy atom. The van der Waals surface area contributed by atoms with Crippen molar-refractivity contribution in [3.63, 3.8) is 0 Å². The van der Waals surface area contributed by atoms with Gasteiger partial charge in [-0.05, 0) is 66.0 Å². The lowest BCUT2D eigenvalue weighted by molar-refractivity contribution is 0.0695. The molecule has 7 heteroatoms. The first-order chi connectivity index (χ1) is 12.9. The number of rotatable bonds is 5. The van der Waals surface area contributed by atoms with Gasteiger partial charge in [-0.15, -0.1) is 0 Å². The van der Waals surface area contributed by atoms with Gasteiger partial charge in [0.2, 0.25) is 5.95 Å². The van der Waals surface area contributed by atoms with Gasteiger partial charge in [0.05, 0.1) is 5.56 Å². The number of anilines is 4. The molecule has 1 aromatic heterocycles.